The van der Waals surface area contributed by atoms with Crippen molar-refractivity contribution in [1.29, 1.82) is 0 Å². The van der Waals surface area contributed by atoms with Crippen molar-refractivity contribution in [3.05, 3.63) is 94.4 Å². The van der Waals surface area contributed by atoms with Gasteiger partial charge in [0.15, 0.2) is 0 Å². The zero-order valence-corrected chi connectivity index (χ0v) is 20.8. The molecule has 0 spiro atoms. The fraction of sp³-hybridized carbons (Fsp3) is 0.154. The molecule has 3 aromatic rings. The fourth-order valence-corrected chi connectivity index (χ4v) is 5.15. The number of aryl methyl sites for hydroxylation is 2. The number of hydrogen-bond acceptors (Lipinski definition) is 7. The van der Waals surface area contributed by atoms with E-state index in [1.165, 1.54) is 24.3 Å². The molecule has 1 aliphatic heterocycles. The average Bonchev–Trinajstić information content (AvgIpc) is 3.10. The summed E-state index contributed by atoms with van der Waals surface area (Å²) in [6, 6.07) is 19.9. The smallest absolute Gasteiger partial charge is 0.339 e. The Hall–Kier alpha value is -3.56. The fourth-order valence-electron chi connectivity index (χ4n) is 3.34. The van der Waals surface area contributed by atoms with E-state index in [0.717, 1.165) is 33.5 Å². The van der Waals surface area contributed by atoms with Gasteiger partial charge in [-0.1, -0.05) is 42.5 Å². The van der Waals surface area contributed by atoms with Crippen LogP contribution in [0.25, 0.3) is 6.08 Å². The van der Waals surface area contributed by atoms with Gasteiger partial charge in [-0.25, -0.2) is 0 Å². The first-order chi connectivity index (χ1) is 16.7. The van der Waals surface area contributed by atoms with Crippen molar-refractivity contribution >= 4 is 39.1 Å². The molecule has 35 heavy (non-hydrogen) atoms. The molecule has 1 saturated heterocycles. The van der Waals surface area contributed by atoms with E-state index in [2.05, 4.69) is 0 Å². The van der Waals surface area contributed by atoms with Crippen LogP contribution in [-0.4, -0.2) is 37.6 Å². The molecule has 3 aromatic carbocycles. The summed E-state index contributed by atoms with van der Waals surface area (Å²) in [7, 11) is -3.94. The minimum atomic E-state index is -3.94. The van der Waals surface area contributed by atoms with E-state index in [1.54, 1.807) is 36.4 Å². The maximum absolute atomic E-state index is 12.8. The van der Waals surface area contributed by atoms with Crippen molar-refractivity contribution in [3.63, 3.8) is 0 Å². The van der Waals surface area contributed by atoms with Crippen LogP contribution >= 0.6 is 11.8 Å². The molecule has 9 heteroatoms. The SMILES string of the molecule is Cc1ccc(C)c(OCCN2C(=O)S/C(=C\c3ccc(OS(=O)(=O)c4ccccc4)cc3)C2=O)c1. The van der Waals surface area contributed by atoms with Crippen molar-refractivity contribution < 1.29 is 26.9 Å². The Bertz CT molecular complexity index is 1380. The molecule has 0 N–H and O–H groups in total. The van der Waals surface area contributed by atoms with E-state index in [9.17, 15) is 18.0 Å². The molecule has 1 aliphatic rings. The maximum Gasteiger partial charge on any atom is 0.339 e. The van der Waals surface area contributed by atoms with Crippen molar-refractivity contribution in [3.8, 4) is 11.5 Å². The predicted molar refractivity (Wildman–Crippen MR) is 135 cm³/mol. The van der Waals surface area contributed by atoms with Crippen LogP contribution in [0.15, 0.2) is 82.6 Å². The van der Waals surface area contributed by atoms with Gasteiger partial charge in [-0.15, -0.1) is 0 Å². The zero-order valence-electron chi connectivity index (χ0n) is 19.1. The second-order valence-corrected chi connectivity index (χ2v) is 10.4. The highest BCUT2D eigenvalue weighted by Gasteiger charge is 2.34. The standard InChI is InChI=1S/C26H23NO6S2/c1-18-8-9-19(2)23(16-18)32-15-14-27-25(28)24(34-26(27)29)17-20-10-12-21(13-11-20)33-35(30,31)22-6-4-3-5-7-22/h3-13,16-17H,14-15H2,1-2H3/b24-17-. The lowest BCUT2D eigenvalue weighted by molar-refractivity contribution is -0.123. The quantitative estimate of drug-likeness (QED) is 0.305. The molecule has 0 saturated carbocycles. The topological polar surface area (TPSA) is 90.0 Å². The number of thioether (sulfide) groups is 1. The molecule has 180 valence electrons. The predicted octanol–water partition coefficient (Wildman–Crippen LogP) is 5.19. The van der Waals surface area contributed by atoms with Gasteiger partial charge >= 0.3 is 10.1 Å². The van der Waals surface area contributed by atoms with E-state index in [4.69, 9.17) is 8.92 Å². The second-order valence-electron chi connectivity index (χ2n) is 7.87. The summed E-state index contributed by atoms with van der Waals surface area (Å²) in [4.78, 5) is 26.6. The molecule has 0 bridgehead atoms. The largest absolute Gasteiger partial charge is 0.491 e. The Morgan fingerprint density at radius 2 is 1.66 bits per heavy atom. The minimum Gasteiger partial charge on any atom is -0.491 e. The lowest BCUT2D eigenvalue weighted by Crippen LogP contribution is -2.32. The molecule has 7 nitrogen and oxygen atoms in total. The van der Waals surface area contributed by atoms with Gasteiger partial charge in [0.1, 0.15) is 23.0 Å². The molecule has 0 unspecified atom stereocenters. The molecule has 0 aliphatic carbocycles. The van der Waals surface area contributed by atoms with Crippen LogP contribution < -0.4 is 8.92 Å². The van der Waals surface area contributed by atoms with Gasteiger partial charge in [-0.3, -0.25) is 14.5 Å². The third kappa shape index (κ3) is 5.93. The van der Waals surface area contributed by atoms with Crippen LogP contribution in [0.4, 0.5) is 4.79 Å². The molecule has 4 rings (SSSR count). The van der Waals surface area contributed by atoms with Crippen LogP contribution in [0.3, 0.4) is 0 Å². The maximum atomic E-state index is 12.8. The van der Waals surface area contributed by atoms with E-state index in [-0.39, 0.29) is 33.9 Å². The minimum absolute atomic E-state index is 0.0549. The number of carbonyl (C=O) groups excluding carboxylic acids is 2. The lowest BCUT2D eigenvalue weighted by atomic mass is 10.1. The number of carbonyl (C=O) groups is 2. The van der Waals surface area contributed by atoms with E-state index < -0.39 is 16.0 Å². The number of hydrogen-bond donors (Lipinski definition) is 0. The molecule has 2 amide bonds. The molecule has 1 heterocycles. The number of benzene rings is 3. The summed E-state index contributed by atoms with van der Waals surface area (Å²) < 4.78 is 35.7. The summed E-state index contributed by atoms with van der Waals surface area (Å²) in [6.45, 7) is 4.23. The third-order valence-corrected chi connectivity index (χ3v) is 7.37. The van der Waals surface area contributed by atoms with Crippen molar-refractivity contribution in [2.45, 2.75) is 18.7 Å². The number of imide groups is 1. The molecular formula is C26H23NO6S2. The van der Waals surface area contributed by atoms with E-state index in [0.29, 0.717) is 5.56 Å². The summed E-state index contributed by atoms with van der Waals surface area (Å²) in [5, 5.41) is -0.361. The van der Waals surface area contributed by atoms with Crippen LogP contribution in [0.2, 0.25) is 0 Å². The molecule has 0 radical (unpaired) electrons. The van der Waals surface area contributed by atoms with Gasteiger partial charge in [0.2, 0.25) is 0 Å². The molecule has 1 fully saturated rings. The van der Waals surface area contributed by atoms with E-state index >= 15 is 0 Å². The summed E-state index contributed by atoms with van der Waals surface area (Å²) in [6.07, 6.45) is 1.59. The molecular weight excluding hydrogens is 486 g/mol. The Kier molecular flexibility index (Phi) is 7.28. The zero-order chi connectivity index (χ0) is 25.0. The average molecular weight is 510 g/mol. The number of rotatable bonds is 8. The lowest BCUT2D eigenvalue weighted by Gasteiger charge is -2.14. The summed E-state index contributed by atoms with van der Waals surface area (Å²) in [5.41, 5.74) is 2.68. The number of ether oxygens (including phenoxy) is 1. The van der Waals surface area contributed by atoms with E-state index in [1.807, 2.05) is 32.0 Å². The Balaban J connectivity index is 1.38. The highest BCUT2D eigenvalue weighted by atomic mass is 32.2. The summed E-state index contributed by atoms with van der Waals surface area (Å²) in [5.74, 6) is 0.475. The molecule has 0 atom stereocenters. The van der Waals surface area contributed by atoms with Crippen molar-refractivity contribution in [1.82, 2.24) is 4.90 Å². The Morgan fingerprint density at radius 1 is 0.943 bits per heavy atom. The second kappa shape index (κ2) is 10.4. The highest BCUT2D eigenvalue weighted by Crippen LogP contribution is 2.32. The normalized spacial score (nSPS) is 15.0. The van der Waals surface area contributed by atoms with Gasteiger partial charge in [-0.2, -0.15) is 8.42 Å². The van der Waals surface area contributed by atoms with Gasteiger partial charge in [0, 0.05) is 0 Å². The highest BCUT2D eigenvalue weighted by molar-refractivity contribution is 8.18. The first-order valence-electron chi connectivity index (χ1n) is 10.8. The third-order valence-electron chi connectivity index (χ3n) is 5.21. The Morgan fingerprint density at radius 3 is 2.37 bits per heavy atom. The first kappa shape index (κ1) is 24.6. The van der Waals surface area contributed by atoms with Crippen LogP contribution in [0.5, 0.6) is 11.5 Å². The van der Waals surface area contributed by atoms with Crippen molar-refractivity contribution in [2.24, 2.45) is 0 Å². The van der Waals surface area contributed by atoms with Crippen molar-refractivity contribution in [2.75, 3.05) is 13.2 Å². The van der Waals surface area contributed by atoms with Gasteiger partial charge in [0.25, 0.3) is 11.1 Å². The first-order valence-corrected chi connectivity index (χ1v) is 13.0. The van der Waals surface area contributed by atoms with Crippen LogP contribution in [0, 0.1) is 13.8 Å². The number of amides is 2. The summed E-state index contributed by atoms with van der Waals surface area (Å²) >= 11 is 0.856. The van der Waals surface area contributed by atoms with Gasteiger partial charge in [-0.05, 0) is 78.7 Å². The number of nitrogens with zero attached hydrogens (tertiary/aromatic N) is 1. The van der Waals surface area contributed by atoms with Gasteiger partial charge in [0.05, 0.1) is 11.4 Å². The van der Waals surface area contributed by atoms with Gasteiger partial charge < -0.3 is 8.92 Å². The van der Waals surface area contributed by atoms with Crippen LogP contribution in [-0.2, 0) is 14.9 Å². The van der Waals surface area contributed by atoms with Crippen LogP contribution in [0.1, 0.15) is 16.7 Å². The monoisotopic (exact) mass is 509 g/mol. The molecule has 0 aromatic heterocycles. The Labute approximate surface area is 208 Å².